The Bertz CT molecular complexity index is 639. The molecule has 0 bridgehead atoms. The second-order valence-electron chi connectivity index (χ2n) is 10.1. The summed E-state index contributed by atoms with van der Waals surface area (Å²) < 4.78 is 32.3. The van der Waals surface area contributed by atoms with Crippen molar-refractivity contribution in [3.8, 4) is 5.75 Å². The first-order chi connectivity index (χ1) is 14.0. The molecule has 1 nitrogen and oxygen atoms in total. The highest BCUT2D eigenvalue weighted by Crippen LogP contribution is 2.54. The van der Waals surface area contributed by atoms with E-state index in [1.54, 1.807) is 6.92 Å². The summed E-state index contributed by atoms with van der Waals surface area (Å²) in [4.78, 5) is 0. The van der Waals surface area contributed by atoms with Crippen LogP contribution < -0.4 is 4.74 Å². The molecular weight excluding hydrogens is 366 g/mol. The third-order valence-corrected chi connectivity index (χ3v) is 8.40. The molecule has 0 amide bonds. The van der Waals surface area contributed by atoms with Gasteiger partial charge in [-0.2, -0.15) is 0 Å². The molecule has 3 heteroatoms. The molecule has 3 saturated carbocycles. The lowest BCUT2D eigenvalue weighted by Crippen LogP contribution is -2.25. The molecule has 3 aliphatic rings. The summed E-state index contributed by atoms with van der Waals surface area (Å²) in [5, 5.41) is 0. The normalized spacial score (nSPS) is 36.6. The molecule has 3 aliphatic carbocycles. The summed E-state index contributed by atoms with van der Waals surface area (Å²) in [5.74, 6) is 0.608. The van der Waals surface area contributed by atoms with Crippen molar-refractivity contribution in [3.05, 3.63) is 29.8 Å². The number of hydrogen-bond acceptors (Lipinski definition) is 1. The fourth-order valence-electron chi connectivity index (χ4n) is 6.12. The van der Waals surface area contributed by atoms with Crippen LogP contribution in [0.4, 0.5) is 8.78 Å². The lowest BCUT2D eigenvalue weighted by molar-refractivity contribution is 0.0765. The predicted molar refractivity (Wildman–Crippen MR) is 115 cm³/mol. The molecule has 0 radical (unpaired) electrons. The van der Waals surface area contributed by atoms with E-state index in [1.807, 2.05) is 12.1 Å². The first-order valence-electron chi connectivity index (χ1n) is 12.1. The van der Waals surface area contributed by atoms with Crippen LogP contribution in [0.2, 0.25) is 0 Å². The van der Waals surface area contributed by atoms with Crippen LogP contribution in [0.3, 0.4) is 0 Å². The number of hydrogen-bond donors (Lipinski definition) is 0. The molecule has 162 valence electrons. The van der Waals surface area contributed by atoms with Crippen molar-refractivity contribution in [1.82, 2.24) is 0 Å². The minimum atomic E-state index is -2.53. The second kappa shape index (κ2) is 8.94. The van der Waals surface area contributed by atoms with Crippen LogP contribution in [0.1, 0.15) is 89.5 Å². The summed E-state index contributed by atoms with van der Waals surface area (Å²) in [7, 11) is 0. The van der Waals surface area contributed by atoms with Gasteiger partial charge in [-0.05, 0) is 79.9 Å². The van der Waals surface area contributed by atoms with Crippen molar-refractivity contribution >= 4 is 0 Å². The van der Waals surface area contributed by atoms with Crippen LogP contribution in [-0.4, -0.2) is 12.5 Å². The molecule has 0 N–H and O–H groups in total. The third kappa shape index (κ3) is 4.80. The van der Waals surface area contributed by atoms with Gasteiger partial charge in [-0.25, -0.2) is 8.78 Å². The van der Waals surface area contributed by atoms with E-state index >= 15 is 0 Å². The van der Waals surface area contributed by atoms with E-state index in [0.717, 1.165) is 23.5 Å². The van der Waals surface area contributed by atoms with E-state index in [1.165, 1.54) is 69.8 Å². The number of halogens is 2. The SMILES string of the molecule is CCC[C@H]1CC[C@H]([C@H]2CC[C@H](c3ccc(OC[C@H]4[C@H](C)C4(F)F)cc3)CC2)CC1. The van der Waals surface area contributed by atoms with Crippen LogP contribution in [0, 0.1) is 29.6 Å². The summed E-state index contributed by atoms with van der Waals surface area (Å²) >= 11 is 0. The van der Waals surface area contributed by atoms with Crippen LogP contribution in [-0.2, 0) is 0 Å². The minimum Gasteiger partial charge on any atom is -0.493 e. The zero-order valence-electron chi connectivity index (χ0n) is 18.2. The standard InChI is InChI=1S/C26H38F2O/c1-3-4-19-5-7-20(8-6-19)21-9-11-22(12-10-21)23-13-15-24(16-14-23)29-17-25-18(2)26(25,27)28/h13-16,18-22,25H,3-12,17H2,1-2H3/t18-,19-,20-,21-,22-,25-/m0/s1. The topological polar surface area (TPSA) is 9.23 Å². The molecule has 29 heavy (non-hydrogen) atoms. The predicted octanol–water partition coefficient (Wildman–Crippen LogP) is 7.85. The summed E-state index contributed by atoms with van der Waals surface area (Å²) in [6.45, 7) is 4.04. The van der Waals surface area contributed by atoms with Crippen LogP contribution in [0.5, 0.6) is 5.75 Å². The van der Waals surface area contributed by atoms with E-state index in [-0.39, 0.29) is 6.61 Å². The zero-order chi connectivity index (χ0) is 20.4. The van der Waals surface area contributed by atoms with Crippen molar-refractivity contribution < 1.29 is 13.5 Å². The molecule has 0 saturated heterocycles. The van der Waals surface area contributed by atoms with Gasteiger partial charge < -0.3 is 4.74 Å². The Morgan fingerprint density at radius 2 is 1.45 bits per heavy atom. The van der Waals surface area contributed by atoms with Crippen molar-refractivity contribution in [1.29, 1.82) is 0 Å². The molecule has 0 spiro atoms. The van der Waals surface area contributed by atoms with Crippen molar-refractivity contribution in [2.24, 2.45) is 29.6 Å². The summed E-state index contributed by atoms with van der Waals surface area (Å²) in [6, 6.07) is 8.26. The highest BCUT2D eigenvalue weighted by Gasteiger charge is 2.65. The smallest absolute Gasteiger partial charge is 0.257 e. The molecule has 4 rings (SSSR count). The maximum Gasteiger partial charge on any atom is 0.257 e. The largest absolute Gasteiger partial charge is 0.493 e. The monoisotopic (exact) mass is 404 g/mol. The average molecular weight is 405 g/mol. The number of benzene rings is 1. The number of alkyl halides is 2. The maximum absolute atomic E-state index is 13.3. The highest BCUT2D eigenvalue weighted by atomic mass is 19.3. The first-order valence-corrected chi connectivity index (χ1v) is 12.1. The Labute approximate surface area is 175 Å². The Balaban J connectivity index is 1.21. The van der Waals surface area contributed by atoms with Gasteiger partial charge in [0.1, 0.15) is 5.75 Å². The molecule has 2 atom stereocenters. The molecule has 1 aromatic rings. The van der Waals surface area contributed by atoms with Crippen LogP contribution in [0.15, 0.2) is 24.3 Å². The number of ether oxygens (including phenoxy) is 1. The fraction of sp³-hybridized carbons (Fsp3) is 0.769. The lowest BCUT2D eigenvalue weighted by Gasteiger charge is -2.38. The quantitative estimate of drug-likeness (QED) is 0.449. The Kier molecular flexibility index (Phi) is 6.51. The molecule has 1 aromatic carbocycles. The third-order valence-electron chi connectivity index (χ3n) is 8.40. The van der Waals surface area contributed by atoms with Crippen LogP contribution in [0.25, 0.3) is 0 Å². The zero-order valence-corrected chi connectivity index (χ0v) is 18.2. The van der Waals surface area contributed by atoms with E-state index in [4.69, 9.17) is 4.74 Å². The van der Waals surface area contributed by atoms with Crippen molar-refractivity contribution in [3.63, 3.8) is 0 Å². The van der Waals surface area contributed by atoms with E-state index < -0.39 is 17.8 Å². The van der Waals surface area contributed by atoms with Gasteiger partial charge in [0.15, 0.2) is 0 Å². The van der Waals surface area contributed by atoms with Gasteiger partial charge in [-0.15, -0.1) is 0 Å². The summed E-state index contributed by atoms with van der Waals surface area (Å²) in [5.41, 5.74) is 1.40. The highest BCUT2D eigenvalue weighted by molar-refractivity contribution is 5.30. The van der Waals surface area contributed by atoms with Gasteiger partial charge in [0.05, 0.1) is 12.5 Å². The van der Waals surface area contributed by atoms with E-state index in [2.05, 4.69) is 19.1 Å². The van der Waals surface area contributed by atoms with Crippen molar-refractivity contribution in [2.75, 3.05) is 6.61 Å². The van der Waals surface area contributed by atoms with Gasteiger partial charge in [0.2, 0.25) is 0 Å². The molecule has 0 aliphatic heterocycles. The fourth-order valence-corrected chi connectivity index (χ4v) is 6.12. The molecule has 0 heterocycles. The minimum absolute atomic E-state index is 0.124. The molecular formula is C26H38F2O. The average Bonchev–Trinajstić information content (AvgIpc) is 3.23. The van der Waals surface area contributed by atoms with E-state index in [9.17, 15) is 8.78 Å². The van der Waals surface area contributed by atoms with Gasteiger partial charge in [0, 0.05) is 5.92 Å². The lowest BCUT2D eigenvalue weighted by atomic mass is 9.68. The summed E-state index contributed by atoms with van der Waals surface area (Å²) in [6.07, 6.45) is 14.0. The second-order valence-corrected chi connectivity index (χ2v) is 10.1. The molecule has 0 aromatic heterocycles. The number of rotatable bonds is 7. The van der Waals surface area contributed by atoms with Gasteiger partial charge in [-0.1, -0.05) is 51.7 Å². The van der Waals surface area contributed by atoms with Gasteiger partial charge >= 0.3 is 0 Å². The Hall–Kier alpha value is -1.12. The Morgan fingerprint density at radius 1 is 0.897 bits per heavy atom. The maximum atomic E-state index is 13.3. The van der Waals surface area contributed by atoms with Gasteiger partial charge in [0.25, 0.3) is 5.92 Å². The van der Waals surface area contributed by atoms with E-state index in [0.29, 0.717) is 5.92 Å². The van der Waals surface area contributed by atoms with Crippen LogP contribution >= 0.6 is 0 Å². The first kappa shape index (κ1) is 21.1. The molecule has 0 unspecified atom stereocenters. The molecule has 3 fully saturated rings. The Morgan fingerprint density at radius 3 is 1.97 bits per heavy atom. The van der Waals surface area contributed by atoms with Crippen molar-refractivity contribution in [2.45, 2.75) is 89.9 Å². The van der Waals surface area contributed by atoms with Gasteiger partial charge in [-0.3, -0.25) is 0 Å².